The maximum Gasteiger partial charge on any atom is 0.0967 e. The highest BCUT2D eigenvalue weighted by molar-refractivity contribution is 4.93. The van der Waals surface area contributed by atoms with E-state index < -0.39 is 0 Å². The second-order valence-electron chi connectivity index (χ2n) is 5.71. The van der Waals surface area contributed by atoms with Crippen LogP contribution in [-0.2, 0) is 19.6 Å². The Hall–Kier alpha value is -1.73. The summed E-state index contributed by atoms with van der Waals surface area (Å²) in [5.74, 6) is 0. The normalized spacial score (nSPS) is 17.4. The van der Waals surface area contributed by atoms with Gasteiger partial charge in [-0.25, -0.2) is 4.98 Å². The van der Waals surface area contributed by atoms with E-state index in [9.17, 15) is 0 Å². The van der Waals surface area contributed by atoms with Crippen LogP contribution in [0.15, 0.2) is 24.9 Å². The molecule has 1 fully saturated rings. The quantitative estimate of drug-likeness (QED) is 0.766. The van der Waals surface area contributed by atoms with Crippen LogP contribution in [0.3, 0.4) is 0 Å². The lowest BCUT2D eigenvalue weighted by atomic mass is 10.3. The Labute approximate surface area is 125 Å². The zero-order chi connectivity index (χ0) is 14.5. The molecule has 114 valence electrons. The first-order valence-electron chi connectivity index (χ1n) is 7.55. The molecule has 0 atom stereocenters. The maximum atomic E-state index is 4.28. The second kappa shape index (κ2) is 6.82. The van der Waals surface area contributed by atoms with Crippen LogP contribution in [0.1, 0.15) is 12.1 Å². The molecule has 1 aliphatic rings. The first-order valence-corrected chi connectivity index (χ1v) is 7.55. The molecule has 2 aromatic heterocycles. The molecule has 1 saturated heterocycles. The third-order valence-electron chi connectivity index (χ3n) is 3.93. The van der Waals surface area contributed by atoms with Gasteiger partial charge >= 0.3 is 0 Å². The van der Waals surface area contributed by atoms with E-state index in [0.717, 1.165) is 57.9 Å². The minimum absolute atomic E-state index is 0.897. The maximum absolute atomic E-state index is 4.28. The first kappa shape index (κ1) is 14.2. The zero-order valence-electron chi connectivity index (χ0n) is 12.6. The van der Waals surface area contributed by atoms with Crippen molar-refractivity contribution in [2.45, 2.75) is 26.1 Å². The molecule has 0 unspecified atom stereocenters. The van der Waals surface area contributed by atoms with E-state index in [1.165, 1.54) is 0 Å². The van der Waals surface area contributed by atoms with Crippen molar-refractivity contribution >= 4 is 0 Å². The predicted molar refractivity (Wildman–Crippen MR) is 79.6 cm³/mol. The monoisotopic (exact) mass is 289 g/mol. The van der Waals surface area contributed by atoms with Crippen LogP contribution in [0.25, 0.3) is 0 Å². The van der Waals surface area contributed by atoms with Gasteiger partial charge in [0.05, 0.1) is 12.0 Å². The van der Waals surface area contributed by atoms with Crippen LogP contribution in [0, 0.1) is 0 Å². The van der Waals surface area contributed by atoms with E-state index in [-0.39, 0.29) is 0 Å². The lowest BCUT2D eigenvalue weighted by Gasteiger charge is -2.31. The number of aryl methyl sites for hydroxylation is 2. The Morgan fingerprint density at radius 2 is 2.00 bits per heavy atom. The molecule has 7 nitrogen and oxygen atoms in total. The van der Waals surface area contributed by atoms with Crippen LogP contribution in [0.5, 0.6) is 0 Å². The summed E-state index contributed by atoms with van der Waals surface area (Å²) >= 11 is 0. The lowest BCUT2D eigenvalue weighted by molar-refractivity contribution is 0.147. The van der Waals surface area contributed by atoms with Crippen molar-refractivity contribution < 1.29 is 0 Å². The summed E-state index contributed by atoms with van der Waals surface area (Å²) in [6.07, 6.45) is 8.75. The lowest BCUT2D eigenvalue weighted by Crippen LogP contribution is -2.43. The van der Waals surface area contributed by atoms with E-state index >= 15 is 0 Å². The summed E-state index contributed by atoms with van der Waals surface area (Å²) < 4.78 is 4.03. The van der Waals surface area contributed by atoms with Gasteiger partial charge in [0.15, 0.2) is 0 Å². The van der Waals surface area contributed by atoms with Gasteiger partial charge in [0, 0.05) is 64.4 Å². The van der Waals surface area contributed by atoms with Gasteiger partial charge in [-0.15, -0.1) is 5.10 Å². The van der Waals surface area contributed by atoms with Crippen molar-refractivity contribution in [1.29, 1.82) is 0 Å². The average molecular weight is 289 g/mol. The molecule has 2 aromatic rings. The summed E-state index contributed by atoms with van der Waals surface area (Å²) in [6.45, 7) is 7.28. The standard InChI is InChI=1S/C14H23N7/c1-18-7-9-19(10-8-18)11-14-12-21(17-16-14)5-2-4-20-6-3-15-13-20/h3,6,12-13H,2,4-5,7-11H2,1H3. The average Bonchev–Trinajstić information content (AvgIpc) is 3.14. The van der Waals surface area contributed by atoms with Crippen molar-refractivity contribution in [1.82, 2.24) is 34.3 Å². The van der Waals surface area contributed by atoms with Gasteiger partial charge in [-0.2, -0.15) is 0 Å². The molecule has 3 rings (SSSR count). The van der Waals surface area contributed by atoms with E-state index in [1.54, 1.807) is 0 Å². The molecule has 21 heavy (non-hydrogen) atoms. The number of imidazole rings is 1. The number of hydrogen-bond acceptors (Lipinski definition) is 5. The van der Waals surface area contributed by atoms with Gasteiger partial charge in [-0.3, -0.25) is 9.58 Å². The smallest absolute Gasteiger partial charge is 0.0967 e. The SMILES string of the molecule is CN1CCN(Cc2cn(CCCn3ccnc3)nn2)CC1. The molecule has 0 saturated carbocycles. The first-order chi connectivity index (χ1) is 10.3. The number of aromatic nitrogens is 5. The van der Waals surface area contributed by atoms with Crippen molar-refractivity contribution in [3.05, 3.63) is 30.6 Å². The highest BCUT2D eigenvalue weighted by Gasteiger charge is 2.15. The van der Waals surface area contributed by atoms with Crippen LogP contribution < -0.4 is 0 Å². The molecule has 0 spiro atoms. The zero-order valence-corrected chi connectivity index (χ0v) is 12.6. The van der Waals surface area contributed by atoms with Gasteiger partial charge < -0.3 is 9.47 Å². The summed E-state index contributed by atoms with van der Waals surface area (Å²) in [5.41, 5.74) is 1.07. The topological polar surface area (TPSA) is 55.0 Å². The van der Waals surface area contributed by atoms with Gasteiger partial charge in [0.2, 0.25) is 0 Å². The second-order valence-corrected chi connectivity index (χ2v) is 5.71. The van der Waals surface area contributed by atoms with Crippen LogP contribution in [0.2, 0.25) is 0 Å². The highest BCUT2D eigenvalue weighted by atomic mass is 15.4. The Bertz CT molecular complexity index is 525. The Morgan fingerprint density at radius 1 is 1.14 bits per heavy atom. The summed E-state index contributed by atoms with van der Waals surface area (Å²) in [5, 5.41) is 8.50. The van der Waals surface area contributed by atoms with E-state index in [1.807, 2.05) is 23.4 Å². The Morgan fingerprint density at radius 3 is 2.76 bits per heavy atom. The molecule has 0 radical (unpaired) electrons. The van der Waals surface area contributed by atoms with Crippen LogP contribution in [-0.4, -0.2) is 67.6 Å². The number of piperazine rings is 1. The minimum atomic E-state index is 0.897. The molecule has 3 heterocycles. The number of nitrogens with zero attached hydrogens (tertiary/aromatic N) is 7. The fraction of sp³-hybridized carbons (Fsp3) is 0.643. The molecule has 7 heteroatoms. The van der Waals surface area contributed by atoms with E-state index in [4.69, 9.17) is 0 Å². The summed E-state index contributed by atoms with van der Waals surface area (Å²) in [6, 6.07) is 0. The molecular formula is C14H23N7. The fourth-order valence-electron chi connectivity index (χ4n) is 2.59. The summed E-state index contributed by atoms with van der Waals surface area (Å²) in [7, 11) is 2.17. The van der Waals surface area contributed by atoms with Gasteiger partial charge in [-0.05, 0) is 13.5 Å². The molecule has 1 aliphatic heterocycles. The van der Waals surface area contributed by atoms with E-state index in [0.29, 0.717) is 0 Å². The van der Waals surface area contributed by atoms with Crippen molar-refractivity contribution in [2.75, 3.05) is 33.2 Å². The third kappa shape index (κ3) is 4.12. The largest absolute Gasteiger partial charge is 0.337 e. The predicted octanol–water partition coefficient (Wildman–Crippen LogP) is 0.312. The summed E-state index contributed by atoms with van der Waals surface area (Å²) in [4.78, 5) is 8.85. The van der Waals surface area contributed by atoms with Gasteiger partial charge in [-0.1, -0.05) is 5.21 Å². The van der Waals surface area contributed by atoms with E-state index in [2.05, 4.69) is 42.9 Å². The van der Waals surface area contributed by atoms with Crippen molar-refractivity contribution in [3.63, 3.8) is 0 Å². The van der Waals surface area contributed by atoms with Crippen LogP contribution >= 0.6 is 0 Å². The Kier molecular flexibility index (Phi) is 4.62. The molecule has 0 aliphatic carbocycles. The molecule has 0 bridgehead atoms. The Balaban J connectivity index is 1.43. The molecule has 0 N–H and O–H groups in total. The minimum Gasteiger partial charge on any atom is -0.337 e. The molecule has 0 amide bonds. The highest BCUT2D eigenvalue weighted by Crippen LogP contribution is 2.05. The number of rotatable bonds is 6. The fourth-order valence-corrected chi connectivity index (χ4v) is 2.59. The van der Waals surface area contributed by atoms with Gasteiger partial charge in [0.25, 0.3) is 0 Å². The van der Waals surface area contributed by atoms with Crippen LogP contribution in [0.4, 0.5) is 0 Å². The van der Waals surface area contributed by atoms with Gasteiger partial charge in [0.1, 0.15) is 0 Å². The number of hydrogen-bond donors (Lipinski definition) is 0. The van der Waals surface area contributed by atoms with Crippen molar-refractivity contribution in [2.24, 2.45) is 0 Å². The molecular weight excluding hydrogens is 266 g/mol. The van der Waals surface area contributed by atoms with Crippen molar-refractivity contribution in [3.8, 4) is 0 Å². The molecule has 0 aromatic carbocycles. The third-order valence-corrected chi connectivity index (χ3v) is 3.93. The number of likely N-dealkylation sites (N-methyl/N-ethyl adjacent to an activating group) is 1.